The standard InChI is InChI=1S/C22H25N3O2S2/c1-14-5-4-6-17(10-14)25-21(27)20-18(7-8-28-20)23-22(25)29-13-19(26)24-11-15(2)9-16(3)12-24/h4-8,10,15-16H,9,11-13H2,1-3H3/t15-,16-/m0/s1. The number of amides is 1. The number of benzene rings is 1. The first kappa shape index (κ1) is 20.2. The van der Waals surface area contributed by atoms with Crippen LogP contribution < -0.4 is 5.56 Å². The third kappa shape index (κ3) is 4.26. The van der Waals surface area contributed by atoms with Gasteiger partial charge in [-0.2, -0.15) is 0 Å². The number of nitrogens with zero attached hydrogens (tertiary/aromatic N) is 3. The van der Waals surface area contributed by atoms with Gasteiger partial charge >= 0.3 is 0 Å². The van der Waals surface area contributed by atoms with Crippen LogP contribution in [0.15, 0.2) is 45.7 Å². The summed E-state index contributed by atoms with van der Waals surface area (Å²) in [5.41, 5.74) is 2.47. The maximum absolute atomic E-state index is 13.2. The van der Waals surface area contributed by atoms with Gasteiger partial charge in [0.1, 0.15) is 4.70 Å². The highest BCUT2D eigenvalue weighted by Gasteiger charge is 2.26. The van der Waals surface area contributed by atoms with E-state index >= 15 is 0 Å². The quantitative estimate of drug-likeness (QED) is 0.459. The number of thioether (sulfide) groups is 1. The van der Waals surface area contributed by atoms with Crippen molar-refractivity contribution in [3.63, 3.8) is 0 Å². The number of piperidine rings is 1. The number of fused-ring (bicyclic) bond motifs is 1. The fourth-order valence-electron chi connectivity index (χ4n) is 4.07. The summed E-state index contributed by atoms with van der Waals surface area (Å²) < 4.78 is 2.28. The zero-order chi connectivity index (χ0) is 20.5. The molecule has 3 heterocycles. The molecule has 1 fully saturated rings. The van der Waals surface area contributed by atoms with Crippen LogP contribution in [0.2, 0.25) is 0 Å². The van der Waals surface area contributed by atoms with Gasteiger partial charge in [-0.25, -0.2) is 4.98 Å². The SMILES string of the molecule is Cc1cccc(-n2c(SCC(=O)N3C[C@@H](C)C[C@H](C)C3)nc3ccsc3c2=O)c1. The van der Waals surface area contributed by atoms with E-state index in [0.29, 0.717) is 27.2 Å². The van der Waals surface area contributed by atoms with Crippen LogP contribution in [0, 0.1) is 18.8 Å². The summed E-state index contributed by atoms with van der Waals surface area (Å²) >= 11 is 2.75. The van der Waals surface area contributed by atoms with Crippen LogP contribution in [0.4, 0.5) is 0 Å². The molecule has 152 valence electrons. The Bertz CT molecular complexity index is 1090. The van der Waals surface area contributed by atoms with Gasteiger partial charge < -0.3 is 4.90 Å². The van der Waals surface area contributed by atoms with Gasteiger partial charge in [-0.1, -0.05) is 37.7 Å². The van der Waals surface area contributed by atoms with Gasteiger partial charge in [0, 0.05) is 13.1 Å². The number of carbonyl (C=O) groups is 1. The first-order chi connectivity index (χ1) is 13.9. The smallest absolute Gasteiger partial charge is 0.276 e. The lowest BCUT2D eigenvalue weighted by molar-refractivity contribution is -0.130. The number of aromatic nitrogens is 2. The van der Waals surface area contributed by atoms with Gasteiger partial charge in [0.15, 0.2) is 5.16 Å². The Kier molecular flexibility index (Phi) is 5.79. The second kappa shape index (κ2) is 8.32. The van der Waals surface area contributed by atoms with E-state index in [-0.39, 0.29) is 17.2 Å². The lowest BCUT2D eigenvalue weighted by atomic mass is 9.92. The van der Waals surface area contributed by atoms with Gasteiger partial charge in [0.2, 0.25) is 5.91 Å². The summed E-state index contributed by atoms with van der Waals surface area (Å²) in [4.78, 5) is 32.7. The van der Waals surface area contributed by atoms with Crippen molar-refractivity contribution in [2.45, 2.75) is 32.3 Å². The Hall–Kier alpha value is -2.12. The average molecular weight is 428 g/mol. The van der Waals surface area contributed by atoms with Gasteiger partial charge in [0.05, 0.1) is 17.0 Å². The Labute approximate surface area is 178 Å². The molecule has 3 aromatic rings. The minimum Gasteiger partial charge on any atom is -0.341 e. The lowest BCUT2D eigenvalue weighted by Gasteiger charge is -2.35. The summed E-state index contributed by atoms with van der Waals surface area (Å²) in [5.74, 6) is 1.45. The van der Waals surface area contributed by atoms with E-state index in [9.17, 15) is 9.59 Å². The van der Waals surface area contributed by atoms with E-state index in [1.54, 1.807) is 4.57 Å². The molecule has 0 saturated carbocycles. The van der Waals surface area contributed by atoms with Crippen molar-refractivity contribution in [3.05, 3.63) is 51.6 Å². The Morgan fingerprint density at radius 3 is 2.72 bits per heavy atom. The molecular weight excluding hydrogens is 402 g/mol. The van der Waals surface area contributed by atoms with Crippen LogP contribution in [0.3, 0.4) is 0 Å². The van der Waals surface area contributed by atoms with E-state index in [1.165, 1.54) is 29.5 Å². The molecular formula is C22H25N3O2S2. The molecule has 5 nitrogen and oxygen atoms in total. The first-order valence-electron chi connectivity index (χ1n) is 9.90. The van der Waals surface area contributed by atoms with Crippen molar-refractivity contribution in [1.29, 1.82) is 0 Å². The minimum atomic E-state index is -0.0780. The van der Waals surface area contributed by atoms with Crippen molar-refractivity contribution >= 4 is 39.2 Å². The fraction of sp³-hybridized carbons (Fsp3) is 0.409. The number of rotatable bonds is 4. The number of likely N-dealkylation sites (tertiary alicyclic amines) is 1. The Morgan fingerprint density at radius 1 is 1.24 bits per heavy atom. The average Bonchev–Trinajstić information content (AvgIpc) is 3.14. The second-order valence-electron chi connectivity index (χ2n) is 8.04. The summed E-state index contributed by atoms with van der Waals surface area (Å²) in [5, 5.41) is 2.45. The fourth-order valence-corrected chi connectivity index (χ4v) is 5.74. The highest BCUT2D eigenvalue weighted by molar-refractivity contribution is 7.99. The molecule has 7 heteroatoms. The normalized spacial score (nSPS) is 19.6. The number of hydrogen-bond acceptors (Lipinski definition) is 5. The molecule has 29 heavy (non-hydrogen) atoms. The van der Waals surface area contributed by atoms with Crippen LogP contribution in [0.25, 0.3) is 15.9 Å². The van der Waals surface area contributed by atoms with Crippen LogP contribution in [-0.4, -0.2) is 39.2 Å². The maximum Gasteiger partial charge on any atom is 0.276 e. The molecule has 1 amide bonds. The molecule has 0 bridgehead atoms. The molecule has 0 radical (unpaired) electrons. The molecule has 0 N–H and O–H groups in total. The summed E-state index contributed by atoms with van der Waals surface area (Å²) in [6.07, 6.45) is 1.17. The lowest BCUT2D eigenvalue weighted by Crippen LogP contribution is -2.43. The van der Waals surface area contributed by atoms with Crippen molar-refractivity contribution < 1.29 is 4.79 Å². The zero-order valence-corrected chi connectivity index (χ0v) is 18.6. The highest BCUT2D eigenvalue weighted by atomic mass is 32.2. The largest absolute Gasteiger partial charge is 0.341 e. The zero-order valence-electron chi connectivity index (χ0n) is 16.9. The van der Waals surface area contributed by atoms with Crippen LogP contribution in [0.1, 0.15) is 25.8 Å². The highest BCUT2D eigenvalue weighted by Crippen LogP contribution is 2.26. The van der Waals surface area contributed by atoms with Crippen LogP contribution in [0.5, 0.6) is 0 Å². The predicted molar refractivity (Wildman–Crippen MR) is 120 cm³/mol. The van der Waals surface area contributed by atoms with Crippen molar-refractivity contribution in [2.75, 3.05) is 18.8 Å². The van der Waals surface area contributed by atoms with Crippen molar-refractivity contribution in [3.8, 4) is 5.69 Å². The molecule has 0 spiro atoms. The van der Waals surface area contributed by atoms with Crippen molar-refractivity contribution in [2.24, 2.45) is 11.8 Å². The van der Waals surface area contributed by atoms with E-state index in [0.717, 1.165) is 24.3 Å². The van der Waals surface area contributed by atoms with Gasteiger partial charge in [-0.15, -0.1) is 11.3 Å². The van der Waals surface area contributed by atoms with E-state index in [1.807, 2.05) is 47.5 Å². The maximum atomic E-state index is 13.2. The summed E-state index contributed by atoms with van der Waals surface area (Å²) in [6.45, 7) is 8.02. The van der Waals surface area contributed by atoms with E-state index in [4.69, 9.17) is 4.98 Å². The van der Waals surface area contributed by atoms with Crippen LogP contribution in [-0.2, 0) is 4.79 Å². The van der Waals surface area contributed by atoms with E-state index in [2.05, 4.69) is 13.8 Å². The molecule has 1 aliphatic heterocycles. The number of carbonyl (C=O) groups excluding carboxylic acids is 1. The second-order valence-corrected chi connectivity index (χ2v) is 9.90. The minimum absolute atomic E-state index is 0.0780. The van der Waals surface area contributed by atoms with Crippen LogP contribution >= 0.6 is 23.1 Å². The van der Waals surface area contributed by atoms with E-state index < -0.39 is 0 Å². The topological polar surface area (TPSA) is 55.2 Å². The summed E-state index contributed by atoms with van der Waals surface area (Å²) in [6, 6.07) is 9.69. The van der Waals surface area contributed by atoms with Gasteiger partial charge in [-0.05, 0) is 54.3 Å². The molecule has 1 saturated heterocycles. The number of aryl methyl sites for hydroxylation is 1. The molecule has 4 rings (SSSR count). The van der Waals surface area contributed by atoms with Gasteiger partial charge in [0.25, 0.3) is 5.56 Å². The Balaban J connectivity index is 1.65. The summed E-state index contributed by atoms with van der Waals surface area (Å²) in [7, 11) is 0. The van der Waals surface area contributed by atoms with Crippen molar-refractivity contribution in [1.82, 2.24) is 14.5 Å². The van der Waals surface area contributed by atoms with Gasteiger partial charge in [-0.3, -0.25) is 14.2 Å². The molecule has 1 aromatic carbocycles. The molecule has 0 unspecified atom stereocenters. The third-order valence-electron chi connectivity index (χ3n) is 5.26. The molecule has 2 atom stereocenters. The molecule has 1 aliphatic rings. The first-order valence-corrected chi connectivity index (χ1v) is 11.8. The third-order valence-corrected chi connectivity index (χ3v) is 7.07. The molecule has 2 aromatic heterocycles. The monoisotopic (exact) mass is 427 g/mol. The predicted octanol–water partition coefficient (Wildman–Crippen LogP) is 4.35. The number of thiophene rings is 1. The Morgan fingerprint density at radius 2 is 2.00 bits per heavy atom. The number of hydrogen-bond donors (Lipinski definition) is 0. The molecule has 0 aliphatic carbocycles.